The monoisotopic (exact) mass is 303 g/mol. The summed E-state index contributed by atoms with van der Waals surface area (Å²) in [6.07, 6.45) is 2.37. The normalized spacial score (nSPS) is 12.1. The van der Waals surface area contributed by atoms with Gasteiger partial charge in [-0.15, -0.1) is 0 Å². The Kier molecular flexibility index (Phi) is 5.14. The predicted octanol–water partition coefficient (Wildman–Crippen LogP) is 2.00. The number of esters is 1. The van der Waals surface area contributed by atoms with Gasteiger partial charge in [0.2, 0.25) is 0 Å². The third-order valence-electron chi connectivity index (χ3n) is 3.69. The van der Waals surface area contributed by atoms with Crippen LogP contribution in [0.1, 0.15) is 31.2 Å². The second kappa shape index (κ2) is 7.06. The molecule has 2 rings (SSSR count). The number of aromatic amines is 1. The molecular weight excluding hydrogens is 282 g/mol. The van der Waals surface area contributed by atoms with E-state index < -0.39 is 0 Å². The van der Waals surface area contributed by atoms with Crippen LogP contribution in [0.3, 0.4) is 0 Å². The number of carbonyl (C=O) groups excluding carboxylic acids is 1. The first-order chi connectivity index (χ1) is 10.6. The smallest absolute Gasteiger partial charge is 0.347 e. The SMILES string of the molecule is CCCC(Cc1ccc(-n2c(C)n[nH]c2=O)cc1)C(=O)OC. The molecule has 1 atom stereocenters. The maximum Gasteiger partial charge on any atom is 0.347 e. The highest BCUT2D eigenvalue weighted by atomic mass is 16.5. The van der Waals surface area contributed by atoms with Gasteiger partial charge in [-0.1, -0.05) is 25.5 Å². The van der Waals surface area contributed by atoms with Crippen LogP contribution >= 0.6 is 0 Å². The molecule has 0 amide bonds. The van der Waals surface area contributed by atoms with E-state index in [0.29, 0.717) is 12.2 Å². The molecule has 0 aliphatic heterocycles. The van der Waals surface area contributed by atoms with Crippen molar-refractivity contribution < 1.29 is 9.53 Å². The molecule has 22 heavy (non-hydrogen) atoms. The second-order valence-electron chi connectivity index (χ2n) is 5.29. The Balaban J connectivity index is 2.18. The fourth-order valence-electron chi connectivity index (χ4n) is 2.56. The van der Waals surface area contributed by atoms with Crippen molar-refractivity contribution in [2.24, 2.45) is 5.92 Å². The van der Waals surface area contributed by atoms with Crippen LogP contribution in [-0.4, -0.2) is 27.8 Å². The number of ether oxygens (including phenoxy) is 1. The van der Waals surface area contributed by atoms with E-state index in [4.69, 9.17) is 4.74 Å². The van der Waals surface area contributed by atoms with Gasteiger partial charge in [0.25, 0.3) is 0 Å². The lowest BCUT2D eigenvalue weighted by molar-refractivity contribution is -0.145. The quantitative estimate of drug-likeness (QED) is 0.828. The predicted molar refractivity (Wildman–Crippen MR) is 83.0 cm³/mol. The molecule has 0 bridgehead atoms. The molecule has 0 fully saturated rings. The fraction of sp³-hybridized carbons (Fsp3) is 0.438. The zero-order valence-corrected chi connectivity index (χ0v) is 13.1. The molecule has 118 valence electrons. The molecule has 1 heterocycles. The Morgan fingerprint density at radius 3 is 2.55 bits per heavy atom. The molecule has 0 aliphatic rings. The Bertz CT molecular complexity index is 685. The number of H-pyrrole nitrogens is 1. The summed E-state index contributed by atoms with van der Waals surface area (Å²) in [6.45, 7) is 3.81. The lowest BCUT2D eigenvalue weighted by atomic mass is 9.95. The van der Waals surface area contributed by atoms with E-state index in [1.165, 1.54) is 11.7 Å². The maximum absolute atomic E-state index is 11.8. The highest BCUT2D eigenvalue weighted by Crippen LogP contribution is 2.17. The van der Waals surface area contributed by atoms with E-state index in [9.17, 15) is 9.59 Å². The van der Waals surface area contributed by atoms with Crippen LogP contribution in [0.5, 0.6) is 0 Å². The molecule has 0 aliphatic carbocycles. The first-order valence-electron chi connectivity index (χ1n) is 7.38. The summed E-state index contributed by atoms with van der Waals surface area (Å²) in [5.74, 6) is 0.309. The Morgan fingerprint density at radius 2 is 2.05 bits per heavy atom. The highest BCUT2D eigenvalue weighted by molar-refractivity contribution is 5.72. The molecule has 2 aromatic rings. The van der Waals surface area contributed by atoms with Gasteiger partial charge in [0, 0.05) is 0 Å². The van der Waals surface area contributed by atoms with Crippen molar-refractivity contribution in [3.63, 3.8) is 0 Å². The van der Waals surface area contributed by atoms with Crippen molar-refractivity contribution in [2.45, 2.75) is 33.1 Å². The van der Waals surface area contributed by atoms with Crippen molar-refractivity contribution in [3.8, 4) is 5.69 Å². The fourth-order valence-corrected chi connectivity index (χ4v) is 2.56. The van der Waals surface area contributed by atoms with Crippen molar-refractivity contribution in [2.75, 3.05) is 7.11 Å². The molecule has 1 unspecified atom stereocenters. The van der Waals surface area contributed by atoms with Crippen molar-refractivity contribution in [1.82, 2.24) is 14.8 Å². The number of methoxy groups -OCH3 is 1. The van der Waals surface area contributed by atoms with Crippen LogP contribution < -0.4 is 5.69 Å². The van der Waals surface area contributed by atoms with Gasteiger partial charge in [-0.2, -0.15) is 5.10 Å². The highest BCUT2D eigenvalue weighted by Gasteiger charge is 2.18. The molecule has 0 saturated carbocycles. The number of aryl methyl sites for hydroxylation is 1. The molecule has 0 radical (unpaired) electrons. The van der Waals surface area contributed by atoms with Gasteiger partial charge in [0.15, 0.2) is 0 Å². The van der Waals surface area contributed by atoms with Crippen LogP contribution in [0.15, 0.2) is 29.1 Å². The molecule has 6 nitrogen and oxygen atoms in total. The lowest BCUT2D eigenvalue weighted by Gasteiger charge is -2.14. The number of hydrogen-bond acceptors (Lipinski definition) is 4. The van der Waals surface area contributed by atoms with Gasteiger partial charge in [0.1, 0.15) is 5.82 Å². The topological polar surface area (TPSA) is 77.0 Å². The summed E-state index contributed by atoms with van der Waals surface area (Å²) in [7, 11) is 1.42. The average molecular weight is 303 g/mol. The van der Waals surface area contributed by atoms with Gasteiger partial charge in [-0.05, 0) is 37.5 Å². The first kappa shape index (κ1) is 16.0. The van der Waals surface area contributed by atoms with Crippen LogP contribution in [0, 0.1) is 12.8 Å². The summed E-state index contributed by atoms with van der Waals surface area (Å²) in [5, 5.41) is 6.30. The number of benzene rings is 1. The van der Waals surface area contributed by atoms with Crippen molar-refractivity contribution >= 4 is 5.97 Å². The largest absolute Gasteiger partial charge is 0.469 e. The van der Waals surface area contributed by atoms with E-state index in [2.05, 4.69) is 10.2 Å². The molecule has 6 heteroatoms. The molecule has 1 N–H and O–H groups in total. The number of rotatable bonds is 6. The van der Waals surface area contributed by atoms with Crippen molar-refractivity contribution in [3.05, 3.63) is 46.1 Å². The minimum Gasteiger partial charge on any atom is -0.469 e. The third-order valence-corrected chi connectivity index (χ3v) is 3.69. The van der Waals surface area contributed by atoms with Gasteiger partial charge >= 0.3 is 11.7 Å². The summed E-state index contributed by atoms with van der Waals surface area (Å²) in [5.41, 5.74) is 1.54. The average Bonchev–Trinajstić information content (AvgIpc) is 2.86. The second-order valence-corrected chi connectivity index (χ2v) is 5.29. The van der Waals surface area contributed by atoms with E-state index in [0.717, 1.165) is 24.1 Å². The minimum atomic E-state index is -0.260. The van der Waals surface area contributed by atoms with Gasteiger partial charge in [0.05, 0.1) is 18.7 Å². The molecule has 1 aromatic heterocycles. The van der Waals surface area contributed by atoms with Crippen molar-refractivity contribution in [1.29, 1.82) is 0 Å². The molecular formula is C16H21N3O3. The Labute approximate surface area is 129 Å². The Hall–Kier alpha value is -2.37. The van der Waals surface area contributed by atoms with Crippen LogP contribution in [-0.2, 0) is 16.0 Å². The number of aromatic nitrogens is 3. The zero-order valence-electron chi connectivity index (χ0n) is 13.1. The third kappa shape index (κ3) is 3.44. The summed E-state index contributed by atoms with van der Waals surface area (Å²) in [6, 6.07) is 7.58. The molecule has 0 saturated heterocycles. The van der Waals surface area contributed by atoms with E-state index in [1.54, 1.807) is 6.92 Å². The number of nitrogens with one attached hydrogen (secondary N) is 1. The van der Waals surface area contributed by atoms with Gasteiger partial charge in [-0.3, -0.25) is 4.79 Å². The number of carbonyl (C=O) groups is 1. The Morgan fingerprint density at radius 1 is 1.36 bits per heavy atom. The number of hydrogen-bond donors (Lipinski definition) is 1. The minimum absolute atomic E-state index is 0.126. The van der Waals surface area contributed by atoms with E-state index in [1.807, 2.05) is 31.2 Å². The zero-order chi connectivity index (χ0) is 16.1. The molecule has 1 aromatic carbocycles. The standard InChI is InChI=1S/C16H21N3O3/c1-4-5-13(15(20)22-3)10-12-6-8-14(9-7-12)19-11(2)17-18-16(19)21/h6-9,13H,4-5,10H2,1-3H3,(H,18,21). The summed E-state index contributed by atoms with van der Waals surface area (Å²) >= 11 is 0. The summed E-state index contributed by atoms with van der Waals surface area (Å²) in [4.78, 5) is 23.5. The van der Waals surface area contributed by atoms with E-state index >= 15 is 0 Å². The van der Waals surface area contributed by atoms with Gasteiger partial charge < -0.3 is 4.74 Å². The van der Waals surface area contributed by atoms with Gasteiger partial charge in [-0.25, -0.2) is 14.5 Å². The number of nitrogens with zero attached hydrogens (tertiary/aromatic N) is 2. The lowest BCUT2D eigenvalue weighted by Crippen LogP contribution is -2.19. The van der Waals surface area contributed by atoms with Crippen LogP contribution in [0.25, 0.3) is 5.69 Å². The summed E-state index contributed by atoms with van der Waals surface area (Å²) < 4.78 is 6.36. The van der Waals surface area contributed by atoms with Crippen LogP contribution in [0.4, 0.5) is 0 Å². The first-order valence-corrected chi connectivity index (χ1v) is 7.38. The van der Waals surface area contributed by atoms with Crippen LogP contribution in [0.2, 0.25) is 0 Å². The molecule has 0 spiro atoms. The maximum atomic E-state index is 11.8. The van der Waals surface area contributed by atoms with E-state index in [-0.39, 0.29) is 17.6 Å².